The van der Waals surface area contributed by atoms with Gasteiger partial charge in [-0.1, -0.05) is 6.07 Å². The number of nitrogens with zero attached hydrogens (tertiary/aromatic N) is 2. The maximum Gasteiger partial charge on any atom is 0.431 e. The van der Waals surface area contributed by atoms with Crippen molar-refractivity contribution in [3.8, 4) is 0 Å². The molecule has 0 aliphatic carbocycles. The molecule has 1 aromatic carbocycles. The van der Waals surface area contributed by atoms with Gasteiger partial charge in [0.05, 0.1) is 11.1 Å². The van der Waals surface area contributed by atoms with Gasteiger partial charge in [-0.25, -0.2) is 0 Å². The third-order valence-corrected chi connectivity index (χ3v) is 6.60. The standard InChI is InChI=1S/C23H28F3N3O2/c1-15-14-16(4-5-17(15)21(2,3)31)20(30)28-11-8-22(9-12-28)18-6-7-19(23(24,25)26)29(18)13-10-27-22/h4-7,14,27,31H,8-13H2,1-3H3. The summed E-state index contributed by atoms with van der Waals surface area (Å²) in [4.78, 5) is 14.8. The Morgan fingerprint density at radius 2 is 1.77 bits per heavy atom. The number of aryl methyl sites for hydroxylation is 1. The summed E-state index contributed by atoms with van der Waals surface area (Å²) in [5.74, 6) is -0.0950. The van der Waals surface area contributed by atoms with Crippen LogP contribution in [0.3, 0.4) is 0 Å². The third kappa shape index (κ3) is 3.87. The molecular weight excluding hydrogens is 407 g/mol. The highest BCUT2D eigenvalue weighted by Gasteiger charge is 2.44. The molecule has 1 amide bonds. The minimum absolute atomic E-state index is 0.0950. The van der Waals surface area contributed by atoms with Crippen LogP contribution in [-0.4, -0.2) is 40.1 Å². The van der Waals surface area contributed by atoms with E-state index in [0.717, 1.165) is 17.2 Å². The van der Waals surface area contributed by atoms with Crippen LogP contribution in [0.15, 0.2) is 30.3 Å². The van der Waals surface area contributed by atoms with Crippen molar-refractivity contribution in [2.24, 2.45) is 0 Å². The summed E-state index contributed by atoms with van der Waals surface area (Å²) in [5, 5.41) is 13.7. The van der Waals surface area contributed by atoms with Crippen LogP contribution >= 0.6 is 0 Å². The fourth-order valence-corrected chi connectivity index (χ4v) is 5.06. The summed E-state index contributed by atoms with van der Waals surface area (Å²) in [6.45, 7) is 6.96. The van der Waals surface area contributed by atoms with E-state index in [-0.39, 0.29) is 12.5 Å². The van der Waals surface area contributed by atoms with Crippen molar-refractivity contribution in [2.45, 2.75) is 57.5 Å². The van der Waals surface area contributed by atoms with Gasteiger partial charge in [0.15, 0.2) is 0 Å². The van der Waals surface area contributed by atoms with E-state index in [2.05, 4.69) is 5.32 Å². The van der Waals surface area contributed by atoms with Crippen LogP contribution < -0.4 is 5.32 Å². The Balaban J connectivity index is 1.52. The Hall–Kier alpha value is -2.32. The molecule has 2 aliphatic heterocycles. The minimum atomic E-state index is -4.37. The first kappa shape index (κ1) is 21.9. The quantitative estimate of drug-likeness (QED) is 0.755. The number of fused-ring (bicyclic) bond motifs is 2. The van der Waals surface area contributed by atoms with Gasteiger partial charge in [0, 0.05) is 37.4 Å². The molecule has 2 aliphatic rings. The van der Waals surface area contributed by atoms with Crippen molar-refractivity contribution < 1.29 is 23.1 Å². The Kier molecular flexibility index (Phi) is 5.21. The molecule has 0 bridgehead atoms. The number of nitrogens with one attached hydrogen (secondary N) is 1. The van der Waals surface area contributed by atoms with Crippen LogP contribution in [0.4, 0.5) is 13.2 Å². The van der Waals surface area contributed by atoms with E-state index in [0.29, 0.717) is 43.7 Å². The van der Waals surface area contributed by atoms with Gasteiger partial charge in [-0.3, -0.25) is 4.79 Å². The first-order chi connectivity index (χ1) is 14.4. The van der Waals surface area contributed by atoms with Gasteiger partial charge in [-0.15, -0.1) is 0 Å². The van der Waals surface area contributed by atoms with Gasteiger partial charge in [0.25, 0.3) is 5.91 Å². The van der Waals surface area contributed by atoms with Crippen LogP contribution in [0.5, 0.6) is 0 Å². The Morgan fingerprint density at radius 1 is 1.10 bits per heavy atom. The molecule has 0 saturated carbocycles. The number of carbonyl (C=O) groups is 1. The molecule has 5 nitrogen and oxygen atoms in total. The number of likely N-dealkylation sites (tertiary alicyclic amines) is 1. The summed E-state index contributed by atoms with van der Waals surface area (Å²) < 4.78 is 41.4. The lowest BCUT2D eigenvalue weighted by molar-refractivity contribution is -0.144. The number of carbonyl (C=O) groups excluding carboxylic acids is 1. The minimum Gasteiger partial charge on any atom is -0.386 e. The first-order valence-corrected chi connectivity index (χ1v) is 10.6. The Morgan fingerprint density at radius 3 is 2.35 bits per heavy atom. The third-order valence-electron chi connectivity index (χ3n) is 6.60. The number of rotatable bonds is 2. The van der Waals surface area contributed by atoms with Crippen molar-refractivity contribution in [1.29, 1.82) is 0 Å². The maximum absolute atomic E-state index is 13.3. The SMILES string of the molecule is Cc1cc(C(=O)N2CCC3(CC2)NCCn2c(C(F)(F)F)ccc23)ccc1C(C)(C)O. The summed E-state index contributed by atoms with van der Waals surface area (Å²) in [6, 6.07) is 8.04. The molecule has 0 atom stereocenters. The van der Waals surface area contributed by atoms with Crippen molar-refractivity contribution in [2.75, 3.05) is 19.6 Å². The first-order valence-electron chi connectivity index (χ1n) is 10.6. The summed E-state index contributed by atoms with van der Waals surface area (Å²) in [6.07, 6.45) is -3.26. The second-order valence-electron chi connectivity index (χ2n) is 9.14. The largest absolute Gasteiger partial charge is 0.431 e. The van der Waals surface area contributed by atoms with Gasteiger partial charge in [0.2, 0.25) is 0 Å². The molecule has 4 rings (SSSR count). The predicted molar refractivity (Wildman–Crippen MR) is 111 cm³/mol. The molecule has 168 valence electrons. The zero-order chi connectivity index (χ0) is 22.6. The molecule has 8 heteroatoms. The number of aliphatic hydroxyl groups is 1. The highest BCUT2D eigenvalue weighted by atomic mass is 19.4. The van der Waals surface area contributed by atoms with Crippen molar-refractivity contribution >= 4 is 5.91 Å². The average molecular weight is 435 g/mol. The molecule has 31 heavy (non-hydrogen) atoms. The van der Waals surface area contributed by atoms with Gasteiger partial charge in [0.1, 0.15) is 5.69 Å². The fourth-order valence-electron chi connectivity index (χ4n) is 5.06. The monoisotopic (exact) mass is 435 g/mol. The van der Waals surface area contributed by atoms with Gasteiger partial charge in [-0.05, 0) is 69.0 Å². The van der Waals surface area contributed by atoms with Crippen LogP contribution in [-0.2, 0) is 23.9 Å². The number of alkyl halides is 3. The number of aromatic nitrogens is 1. The van der Waals surface area contributed by atoms with E-state index in [9.17, 15) is 23.1 Å². The molecule has 1 fully saturated rings. The van der Waals surface area contributed by atoms with Crippen LogP contribution in [0.2, 0.25) is 0 Å². The number of halogens is 3. The molecule has 2 aromatic rings. The number of benzene rings is 1. The molecule has 1 aromatic heterocycles. The number of amides is 1. The Bertz CT molecular complexity index is 996. The lowest BCUT2D eigenvalue weighted by atomic mass is 9.82. The maximum atomic E-state index is 13.3. The van der Waals surface area contributed by atoms with E-state index in [1.807, 2.05) is 6.92 Å². The smallest absolute Gasteiger partial charge is 0.386 e. The van der Waals surface area contributed by atoms with E-state index >= 15 is 0 Å². The van der Waals surface area contributed by atoms with E-state index < -0.39 is 23.0 Å². The molecule has 0 unspecified atom stereocenters. The molecule has 3 heterocycles. The highest BCUT2D eigenvalue weighted by molar-refractivity contribution is 5.94. The Labute approximate surface area is 179 Å². The lowest BCUT2D eigenvalue weighted by Gasteiger charge is -2.45. The average Bonchev–Trinajstić information content (AvgIpc) is 3.13. The van der Waals surface area contributed by atoms with Gasteiger partial charge in [-0.2, -0.15) is 13.2 Å². The number of piperidine rings is 1. The van der Waals surface area contributed by atoms with Crippen LogP contribution in [0, 0.1) is 6.92 Å². The predicted octanol–water partition coefficient (Wildman–Crippen LogP) is 3.78. The fraction of sp³-hybridized carbons (Fsp3) is 0.522. The molecular formula is C23H28F3N3O2. The summed E-state index contributed by atoms with van der Waals surface area (Å²) in [5.41, 5.74) is 0.695. The van der Waals surface area contributed by atoms with Gasteiger partial charge < -0.3 is 19.9 Å². The topological polar surface area (TPSA) is 57.5 Å². The second kappa shape index (κ2) is 7.38. The highest BCUT2D eigenvalue weighted by Crippen LogP contribution is 2.40. The van der Waals surface area contributed by atoms with Crippen LogP contribution in [0.25, 0.3) is 0 Å². The summed E-state index contributed by atoms with van der Waals surface area (Å²) in [7, 11) is 0. The van der Waals surface area contributed by atoms with Crippen LogP contribution in [0.1, 0.15) is 59.6 Å². The molecule has 1 saturated heterocycles. The van der Waals surface area contributed by atoms with E-state index in [4.69, 9.17) is 0 Å². The van der Waals surface area contributed by atoms with Gasteiger partial charge >= 0.3 is 6.18 Å². The second-order valence-corrected chi connectivity index (χ2v) is 9.14. The van der Waals surface area contributed by atoms with Crippen molar-refractivity contribution in [3.63, 3.8) is 0 Å². The normalized spacial score (nSPS) is 18.9. The van der Waals surface area contributed by atoms with E-state index in [1.165, 1.54) is 4.57 Å². The van der Waals surface area contributed by atoms with E-state index in [1.54, 1.807) is 43.0 Å². The zero-order valence-electron chi connectivity index (χ0n) is 18.0. The van der Waals surface area contributed by atoms with Crippen molar-refractivity contribution in [3.05, 3.63) is 58.4 Å². The van der Waals surface area contributed by atoms with Crippen molar-refractivity contribution in [1.82, 2.24) is 14.8 Å². The number of hydrogen-bond donors (Lipinski definition) is 2. The molecule has 1 spiro atoms. The lowest BCUT2D eigenvalue weighted by Crippen LogP contribution is -2.56. The summed E-state index contributed by atoms with van der Waals surface area (Å²) >= 11 is 0. The molecule has 2 N–H and O–H groups in total. The number of hydrogen-bond acceptors (Lipinski definition) is 3. The zero-order valence-corrected chi connectivity index (χ0v) is 18.0. The molecule has 0 radical (unpaired) electrons.